The van der Waals surface area contributed by atoms with Crippen molar-refractivity contribution < 1.29 is 9.59 Å². The number of hydrogen-bond acceptors (Lipinski definition) is 3. The molecule has 1 aliphatic rings. The molecule has 2 N–H and O–H groups in total. The second kappa shape index (κ2) is 9.42. The Balaban J connectivity index is 1.79. The minimum Gasteiger partial charge on any atom is -0.344 e. The molecule has 0 bridgehead atoms. The highest BCUT2D eigenvalue weighted by molar-refractivity contribution is 5.86. The van der Waals surface area contributed by atoms with Crippen molar-refractivity contribution in [2.45, 2.75) is 45.3 Å². The molecule has 138 valence electrons. The predicted molar refractivity (Wildman–Crippen MR) is 99.2 cm³/mol. The van der Waals surface area contributed by atoms with Crippen molar-refractivity contribution in [3.8, 4) is 0 Å². The number of likely N-dealkylation sites (N-methyl/N-ethyl adjacent to an activating group) is 1. The van der Waals surface area contributed by atoms with Gasteiger partial charge in [0.2, 0.25) is 5.91 Å². The molecular weight excluding hydrogens is 316 g/mol. The number of piperidine rings is 1. The van der Waals surface area contributed by atoms with Crippen LogP contribution >= 0.6 is 0 Å². The Morgan fingerprint density at radius 1 is 1.32 bits per heavy atom. The Kier molecular flexibility index (Phi) is 7.25. The molecule has 0 saturated carbocycles. The van der Waals surface area contributed by atoms with Crippen LogP contribution < -0.4 is 10.6 Å². The van der Waals surface area contributed by atoms with Gasteiger partial charge in [-0.1, -0.05) is 30.3 Å². The van der Waals surface area contributed by atoms with E-state index in [1.807, 2.05) is 25.1 Å². The first-order valence-corrected chi connectivity index (χ1v) is 9.08. The lowest BCUT2D eigenvalue weighted by Crippen LogP contribution is -2.54. The van der Waals surface area contributed by atoms with E-state index in [-0.39, 0.29) is 18.0 Å². The minimum atomic E-state index is -0.519. The standard InChI is InChI=1S/C19H30N4O2/c1-4-22(3)18(24)15(2)20-19(25)21-17-11-8-12-23(14-17)13-16-9-6-5-7-10-16/h5-7,9-10,15,17H,4,8,11-14H2,1-3H3,(H2,20,21,25)/t15-,17-/m1/s1. The monoisotopic (exact) mass is 346 g/mol. The highest BCUT2D eigenvalue weighted by atomic mass is 16.2. The van der Waals surface area contributed by atoms with Gasteiger partial charge in [-0.25, -0.2) is 4.79 Å². The molecule has 1 aliphatic heterocycles. The summed E-state index contributed by atoms with van der Waals surface area (Å²) in [6.07, 6.45) is 2.03. The maximum Gasteiger partial charge on any atom is 0.315 e. The van der Waals surface area contributed by atoms with Crippen LogP contribution in [0, 0.1) is 0 Å². The Morgan fingerprint density at radius 2 is 2.04 bits per heavy atom. The Labute approximate surface area is 150 Å². The summed E-state index contributed by atoms with van der Waals surface area (Å²) in [4.78, 5) is 28.2. The fourth-order valence-electron chi connectivity index (χ4n) is 3.13. The third kappa shape index (κ3) is 6.05. The van der Waals surface area contributed by atoms with Crippen LogP contribution in [0.4, 0.5) is 4.79 Å². The van der Waals surface area contributed by atoms with Crippen LogP contribution in [0.5, 0.6) is 0 Å². The van der Waals surface area contributed by atoms with Crippen LogP contribution in [0.2, 0.25) is 0 Å². The highest BCUT2D eigenvalue weighted by Crippen LogP contribution is 2.13. The summed E-state index contributed by atoms with van der Waals surface area (Å²) in [5, 5.41) is 5.76. The topological polar surface area (TPSA) is 64.7 Å². The maximum atomic E-state index is 12.2. The molecule has 0 radical (unpaired) electrons. The number of urea groups is 1. The van der Waals surface area contributed by atoms with Crippen molar-refractivity contribution in [2.75, 3.05) is 26.7 Å². The van der Waals surface area contributed by atoms with E-state index in [9.17, 15) is 9.59 Å². The molecule has 2 atom stereocenters. The first-order chi connectivity index (χ1) is 12.0. The van der Waals surface area contributed by atoms with Gasteiger partial charge in [0, 0.05) is 32.7 Å². The number of likely N-dealkylation sites (tertiary alicyclic amines) is 1. The zero-order valence-corrected chi connectivity index (χ0v) is 15.5. The molecule has 0 aliphatic carbocycles. The molecule has 25 heavy (non-hydrogen) atoms. The Hall–Kier alpha value is -2.08. The van der Waals surface area contributed by atoms with Crippen LogP contribution in [0.15, 0.2) is 30.3 Å². The van der Waals surface area contributed by atoms with Gasteiger partial charge in [-0.3, -0.25) is 9.69 Å². The lowest BCUT2D eigenvalue weighted by Gasteiger charge is -2.33. The second-order valence-corrected chi connectivity index (χ2v) is 6.75. The van der Waals surface area contributed by atoms with Gasteiger partial charge in [0.05, 0.1) is 0 Å². The van der Waals surface area contributed by atoms with Gasteiger partial charge in [0.25, 0.3) is 0 Å². The average Bonchev–Trinajstić information content (AvgIpc) is 2.61. The number of amides is 3. The average molecular weight is 346 g/mol. The van der Waals surface area contributed by atoms with Gasteiger partial charge in [-0.2, -0.15) is 0 Å². The van der Waals surface area contributed by atoms with Crippen molar-refractivity contribution in [3.63, 3.8) is 0 Å². The van der Waals surface area contributed by atoms with Gasteiger partial charge in [0.1, 0.15) is 6.04 Å². The summed E-state index contributed by atoms with van der Waals surface area (Å²) in [6.45, 7) is 7.04. The summed E-state index contributed by atoms with van der Waals surface area (Å²) in [5.74, 6) is -0.0769. The molecule has 2 rings (SSSR count). The van der Waals surface area contributed by atoms with Crippen LogP contribution in [0.3, 0.4) is 0 Å². The van der Waals surface area contributed by atoms with Crippen LogP contribution in [-0.2, 0) is 11.3 Å². The van der Waals surface area contributed by atoms with E-state index in [1.165, 1.54) is 5.56 Å². The van der Waals surface area contributed by atoms with E-state index < -0.39 is 6.04 Å². The molecule has 0 aromatic heterocycles. The van der Waals surface area contributed by atoms with Gasteiger partial charge >= 0.3 is 6.03 Å². The van der Waals surface area contributed by atoms with Crippen molar-refractivity contribution in [3.05, 3.63) is 35.9 Å². The number of carbonyl (C=O) groups excluding carboxylic acids is 2. The summed E-state index contributed by atoms with van der Waals surface area (Å²) >= 11 is 0. The third-order valence-electron chi connectivity index (χ3n) is 4.66. The molecule has 1 aromatic carbocycles. The van der Waals surface area contributed by atoms with E-state index >= 15 is 0 Å². The van der Waals surface area contributed by atoms with Crippen molar-refractivity contribution in [1.29, 1.82) is 0 Å². The van der Waals surface area contributed by atoms with Crippen LogP contribution in [-0.4, -0.2) is 60.5 Å². The van der Waals surface area contributed by atoms with Gasteiger partial charge in [0.15, 0.2) is 0 Å². The number of nitrogens with zero attached hydrogens (tertiary/aromatic N) is 2. The van der Waals surface area contributed by atoms with Crippen molar-refractivity contribution >= 4 is 11.9 Å². The normalized spacial score (nSPS) is 19.1. The quantitative estimate of drug-likeness (QED) is 0.826. The fourth-order valence-corrected chi connectivity index (χ4v) is 3.13. The molecule has 1 saturated heterocycles. The molecule has 1 fully saturated rings. The summed E-state index contributed by atoms with van der Waals surface area (Å²) < 4.78 is 0. The number of nitrogens with one attached hydrogen (secondary N) is 2. The Bertz CT molecular complexity index is 564. The summed E-state index contributed by atoms with van der Waals surface area (Å²) in [6, 6.07) is 9.70. The lowest BCUT2D eigenvalue weighted by molar-refractivity contribution is -0.131. The smallest absolute Gasteiger partial charge is 0.315 e. The summed E-state index contributed by atoms with van der Waals surface area (Å²) in [7, 11) is 1.74. The zero-order valence-electron chi connectivity index (χ0n) is 15.5. The molecular formula is C19H30N4O2. The zero-order chi connectivity index (χ0) is 18.2. The maximum absolute atomic E-state index is 12.2. The van der Waals surface area contributed by atoms with E-state index in [4.69, 9.17) is 0 Å². The lowest BCUT2D eigenvalue weighted by atomic mass is 10.0. The second-order valence-electron chi connectivity index (χ2n) is 6.75. The molecule has 3 amide bonds. The molecule has 0 unspecified atom stereocenters. The van der Waals surface area contributed by atoms with E-state index in [1.54, 1.807) is 18.9 Å². The largest absolute Gasteiger partial charge is 0.344 e. The van der Waals surface area contributed by atoms with E-state index in [0.717, 1.165) is 32.5 Å². The Morgan fingerprint density at radius 3 is 2.72 bits per heavy atom. The predicted octanol–water partition coefficient (Wildman–Crippen LogP) is 1.82. The number of carbonyl (C=O) groups is 2. The molecule has 0 spiro atoms. The van der Waals surface area contributed by atoms with Crippen molar-refractivity contribution in [2.24, 2.45) is 0 Å². The first kappa shape index (κ1) is 19.2. The van der Waals surface area contributed by atoms with Crippen LogP contribution in [0.1, 0.15) is 32.3 Å². The van der Waals surface area contributed by atoms with Gasteiger partial charge in [-0.05, 0) is 38.8 Å². The molecule has 6 nitrogen and oxygen atoms in total. The van der Waals surface area contributed by atoms with Crippen LogP contribution in [0.25, 0.3) is 0 Å². The van der Waals surface area contributed by atoms with E-state index in [0.29, 0.717) is 6.54 Å². The highest BCUT2D eigenvalue weighted by Gasteiger charge is 2.23. The number of rotatable bonds is 6. The first-order valence-electron chi connectivity index (χ1n) is 9.08. The SMILES string of the molecule is CCN(C)C(=O)[C@@H](C)NC(=O)N[C@@H]1CCCN(Cc2ccccc2)C1. The molecule has 6 heteroatoms. The summed E-state index contributed by atoms with van der Waals surface area (Å²) in [5.41, 5.74) is 1.29. The van der Waals surface area contributed by atoms with Gasteiger partial charge in [-0.15, -0.1) is 0 Å². The molecule has 1 aromatic rings. The third-order valence-corrected chi connectivity index (χ3v) is 4.66. The number of benzene rings is 1. The fraction of sp³-hybridized carbons (Fsp3) is 0.579. The minimum absolute atomic E-state index is 0.0769. The van der Waals surface area contributed by atoms with Crippen molar-refractivity contribution in [1.82, 2.24) is 20.4 Å². The number of hydrogen-bond donors (Lipinski definition) is 2. The van der Waals surface area contributed by atoms with E-state index in [2.05, 4.69) is 27.7 Å². The van der Waals surface area contributed by atoms with Gasteiger partial charge < -0.3 is 15.5 Å². The molecule has 1 heterocycles.